The Bertz CT molecular complexity index is 918. The van der Waals surface area contributed by atoms with E-state index in [0.29, 0.717) is 41.2 Å². The first-order chi connectivity index (χ1) is 13.0. The molecule has 1 aliphatic carbocycles. The number of hydrogen-bond donors (Lipinski definition) is 1. The zero-order valence-corrected chi connectivity index (χ0v) is 16.9. The smallest absolute Gasteiger partial charge is 0.190 e. The van der Waals surface area contributed by atoms with Crippen LogP contribution in [0.1, 0.15) is 32.7 Å². The standard InChI is InChI=1S/C20H26FN3O2S/c1-12(2)27-17-11-16(25)14-10-15(21)19(23-8-6-22-7-9-23)20(26-3)18(14)24(17)13-4-5-13/h10-13,22H,4-9H2,1-3H3. The van der Waals surface area contributed by atoms with Crippen molar-refractivity contribution in [1.29, 1.82) is 0 Å². The molecule has 0 atom stereocenters. The van der Waals surface area contributed by atoms with Gasteiger partial charge in [0, 0.05) is 43.5 Å². The highest BCUT2D eigenvalue weighted by Gasteiger charge is 2.31. The van der Waals surface area contributed by atoms with Gasteiger partial charge in [-0.25, -0.2) is 4.39 Å². The van der Waals surface area contributed by atoms with Crippen molar-refractivity contribution in [2.75, 3.05) is 38.2 Å². The monoisotopic (exact) mass is 391 g/mol. The third kappa shape index (κ3) is 3.43. The maximum atomic E-state index is 15.1. The molecule has 1 aliphatic heterocycles. The minimum Gasteiger partial charge on any atom is -0.492 e. The second-order valence-corrected chi connectivity index (χ2v) is 9.08. The van der Waals surface area contributed by atoms with Crippen LogP contribution in [0.25, 0.3) is 10.9 Å². The molecule has 27 heavy (non-hydrogen) atoms. The van der Waals surface area contributed by atoms with Gasteiger partial charge in [0.05, 0.1) is 23.0 Å². The molecule has 0 amide bonds. The molecule has 0 unspecified atom stereocenters. The molecule has 4 rings (SSSR count). The van der Waals surface area contributed by atoms with Crippen LogP contribution in [0, 0.1) is 5.82 Å². The van der Waals surface area contributed by atoms with E-state index in [4.69, 9.17) is 4.74 Å². The largest absolute Gasteiger partial charge is 0.492 e. The average Bonchev–Trinajstić information content (AvgIpc) is 3.46. The number of benzene rings is 1. The van der Waals surface area contributed by atoms with Gasteiger partial charge in [-0.15, -0.1) is 11.8 Å². The normalized spacial score (nSPS) is 17.7. The van der Waals surface area contributed by atoms with E-state index < -0.39 is 0 Å². The highest BCUT2D eigenvalue weighted by molar-refractivity contribution is 7.99. The summed E-state index contributed by atoms with van der Waals surface area (Å²) in [7, 11) is 1.57. The van der Waals surface area contributed by atoms with Gasteiger partial charge < -0.3 is 19.5 Å². The van der Waals surface area contributed by atoms with Gasteiger partial charge >= 0.3 is 0 Å². The highest BCUT2D eigenvalue weighted by atomic mass is 32.2. The van der Waals surface area contributed by atoms with E-state index in [1.54, 1.807) is 24.9 Å². The van der Waals surface area contributed by atoms with E-state index in [1.807, 2.05) is 4.90 Å². The van der Waals surface area contributed by atoms with Crippen LogP contribution in [0.5, 0.6) is 5.75 Å². The Morgan fingerprint density at radius 3 is 2.56 bits per heavy atom. The number of hydrogen-bond acceptors (Lipinski definition) is 5. The Labute approximate surface area is 162 Å². The first-order valence-electron chi connectivity index (χ1n) is 9.59. The number of ether oxygens (including phenoxy) is 1. The van der Waals surface area contributed by atoms with Crippen LogP contribution >= 0.6 is 11.8 Å². The Hall–Kier alpha value is -1.73. The van der Waals surface area contributed by atoms with Crippen molar-refractivity contribution < 1.29 is 9.13 Å². The molecule has 1 N–H and O–H groups in total. The van der Waals surface area contributed by atoms with Crippen molar-refractivity contribution >= 4 is 28.4 Å². The number of halogens is 1. The first-order valence-corrected chi connectivity index (χ1v) is 10.5. The van der Waals surface area contributed by atoms with Gasteiger partial charge in [0.15, 0.2) is 17.0 Å². The number of methoxy groups -OCH3 is 1. The molecule has 2 fully saturated rings. The number of fused-ring (bicyclic) bond motifs is 1. The first kappa shape index (κ1) is 18.6. The van der Waals surface area contributed by atoms with Gasteiger partial charge in [0.25, 0.3) is 0 Å². The summed E-state index contributed by atoms with van der Waals surface area (Å²) in [4.78, 5) is 14.8. The molecule has 0 bridgehead atoms. The van der Waals surface area contributed by atoms with Gasteiger partial charge in [0.1, 0.15) is 5.69 Å². The fourth-order valence-electron chi connectivity index (χ4n) is 3.81. The minimum atomic E-state index is -0.384. The van der Waals surface area contributed by atoms with Crippen LogP contribution in [0.3, 0.4) is 0 Å². The van der Waals surface area contributed by atoms with Gasteiger partial charge in [0.2, 0.25) is 0 Å². The van der Waals surface area contributed by atoms with E-state index in [-0.39, 0.29) is 11.2 Å². The number of pyridine rings is 1. The maximum absolute atomic E-state index is 15.1. The molecule has 7 heteroatoms. The second-order valence-electron chi connectivity index (χ2n) is 7.49. The maximum Gasteiger partial charge on any atom is 0.190 e. The summed E-state index contributed by atoms with van der Waals surface area (Å²) in [5.41, 5.74) is 1.08. The second kappa shape index (κ2) is 7.36. The number of piperazine rings is 1. The molecular weight excluding hydrogens is 365 g/mol. The predicted octanol–water partition coefficient (Wildman–Crippen LogP) is 3.39. The van der Waals surface area contributed by atoms with Gasteiger partial charge in [-0.2, -0.15) is 0 Å². The summed E-state index contributed by atoms with van der Waals surface area (Å²) in [6, 6.07) is 3.42. The summed E-state index contributed by atoms with van der Waals surface area (Å²) < 4.78 is 23.1. The molecule has 0 radical (unpaired) electrons. The average molecular weight is 392 g/mol. The highest BCUT2D eigenvalue weighted by Crippen LogP contribution is 2.46. The topological polar surface area (TPSA) is 46.5 Å². The Morgan fingerprint density at radius 1 is 1.26 bits per heavy atom. The number of aromatic nitrogens is 1. The lowest BCUT2D eigenvalue weighted by molar-refractivity contribution is 0.410. The van der Waals surface area contributed by atoms with Crippen LogP contribution in [-0.2, 0) is 0 Å². The molecule has 2 aromatic rings. The SMILES string of the molecule is COc1c(N2CCNCC2)c(F)cc2c(=O)cc(SC(C)C)n(C3CC3)c12. The Kier molecular flexibility index (Phi) is 5.07. The number of nitrogens with one attached hydrogen (secondary N) is 1. The molecule has 0 spiro atoms. The lowest BCUT2D eigenvalue weighted by atomic mass is 10.1. The van der Waals surface area contributed by atoms with Gasteiger partial charge in [-0.1, -0.05) is 13.8 Å². The quantitative estimate of drug-likeness (QED) is 0.792. The van der Waals surface area contributed by atoms with E-state index in [0.717, 1.165) is 36.5 Å². The fraction of sp³-hybridized carbons (Fsp3) is 0.550. The van der Waals surface area contributed by atoms with Crippen molar-refractivity contribution in [3.05, 3.63) is 28.2 Å². The number of rotatable bonds is 5. The molecule has 146 valence electrons. The van der Waals surface area contributed by atoms with Crippen LogP contribution in [0.15, 0.2) is 22.0 Å². The summed E-state index contributed by atoms with van der Waals surface area (Å²) in [6.45, 7) is 7.27. The predicted molar refractivity (Wildman–Crippen MR) is 109 cm³/mol. The van der Waals surface area contributed by atoms with E-state index in [2.05, 4.69) is 23.7 Å². The zero-order chi connectivity index (χ0) is 19.1. The molecule has 5 nitrogen and oxygen atoms in total. The minimum absolute atomic E-state index is 0.144. The fourth-order valence-corrected chi connectivity index (χ4v) is 4.82. The summed E-state index contributed by atoms with van der Waals surface area (Å²) >= 11 is 1.68. The van der Waals surface area contributed by atoms with Crippen molar-refractivity contribution in [2.24, 2.45) is 0 Å². The lowest BCUT2D eigenvalue weighted by Gasteiger charge is -2.32. The molecule has 2 heterocycles. The van der Waals surface area contributed by atoms with E-state index >= 15 is 4.39 Å². The molecular formula is C20H26FN3O2S. The molecule has 1 aromatic carbocycles. The van der Waals surface area contributed by atoms with Crippen molar-refractivity contribution in [2.45, 2.75) is 43.0 Å². The van der Waals surface area contributed by atoms with Crippen molar-refractivity contribution in [1.82, 2.24) is 9.88 Å². The van der Waals surface area contributed by atoms with Crippen LogP contribution in [-0.4, -0.2) is 43.1 Å². The molecule has 1 aromatic heterocycles. The summed E-state index contributed by atoms with van der Waals surface area (Å²) in [5.74, 6) is 0.104. The molecule has 1 saturated heterocycles. The number of anilines is 1. The summed E-state index contributed by atoms with van der Waals surface area (Å²) in [6.07, 6.45) is 2.15. The Morgan fingerprint density at radius 2 is 1.96 bits per heavy atom. The van der Waals surface area contributed by atoms with E-state index in [1.165, 1.54) is 6.07 Å². The van der Waals surface area contributed by atoms with Crippen LogP contribution in [0.4, 0.5) is 10.1 Å². The molecule has 2 aliphatic rings. The molecule has 1 saturated carbocycles. The third-order valence-electron chi connectivity index (χ3n) is 5.09. The zero-order valence-electron chi connectivity index (χ0n) is 16.0. The van der Waals surface area contributed by atoms with Crippen LogP contribution in [0.2, 0.25) is 0 Å². The van der Waals surface area contributed by atoms with Gasteiger partial charge in [-0.3, -0.25) is 4.79 Å². The lowest BCUT2D eigenvalue weighted by Crippen LogP contribution is -2.44. The number of thioether (sulfide) groups is 1. The van der Waals surface area contributed by atoms with Gasteiger partial charge in [-0.05, 0) is 18.9 Å². The summed E-state index contributed by atoms with van der Waals surface area (Å²) in [5, 5.41) is 5.00. The Balaban J connectivity index is 2.02. The van der Waals surface area contributed by atoms with Crippen molar-refractivity contribution in [3.63, 3.8) is 0 Å². The van der Waals surface area contributed by atoms with E-state index in [9.17, 15) is 4.79 Å². The third-order valence-corrected chi connectivity index (χ3v) is 6.11. The van der Waals surface area contributed by atoms with Crippen molar-refractivity contribution in [3.8, 4) is 5.75 Å². The van der Waals surface area contributed by atoms with Crippen LogP contribution < -0.4 is 20.4 Å². The number of nitrogens with zero attached hydrogens (tertiary/aromatic N) is 2.